The van der Waals surface area contributed by atoms with Crippen LogP contribution in [0.2, 0.25) is 0 Å². The minimum atomic E-state index is -0.0523. The van der Waals surface area contributed by atoms with Crippen LogP contribution in [0.3, 0.4) is 0 Å². The fraction of sp³-hybridized carbons (Fsp3) is 0.333. The largest absolute Gasteiger partial charge is 0.497 e. The molecule has 174 valence electrons. The molecular formula is C27H29N5O2. The molecule has 7 nitrogen and oxygen atoms in total. The summed E-state index contributed by atoms with van der Waals surface area (Å²) in [6.45, 7) is 3.40. The number of ether oxygens (including phenoxy) is 1. The van der Waals surface area contributed by atoms with Gasteiger partial charge in [-0.15, -0.1) is 0 Å². The van der Waals surface area contributed by atoms with Gasteiger partial charge in [0.05, 0.1) is 31.0 Å². The first-order chi connectivity index (χ1) is 16.7. The van der Waals surface area contributed by atoms with Gasteiger partial charge in [-0.3, -0.25) is 9.36 Å². The van der Waals surface area contributed by atoms with Crippen LogP contribution in [0.25, 0.3) is 33.2 Å². The van der Waals surface area contributed by atoms with Crippen LogP contribution in [0.15, 0.2) is 59.7 Å². The highest BCUT2D eigenvalue weighted by atomic mass is 16.5. The molecule has 0 N–H and O–H groups in total. The Morgan fingerprint density at radius 2 is 1.62 bits per heavy atom. The number of hydrogen-bond acceptors (Lipinski definition) is 5. The molecule has 0 fully saturated rings. The Morgan fingerprint density at radius 1 is 0.882 bits per heavy atom. The van der Waals surface area contributed by atoms with Crippen molar-refractivity contribution in [1.82, 2.24) is 24.1 Å². The molecule has 0 radical (unpaired) electrons. The molecule has 5 rings (SSSR count). The molecular weight excluding hydrogens is 426 g/mol. The van der Waals surface area contributed by atoms with E-state index in [1.54, 1.807) is 18.0 Å². The lowest BCUT2D eigenvalue weighted by molar-refractivity contribution is 0.414. The summed E-state index contributed by atoms with van der Waals surface area (Å²) in [5.74, 6) is 0.803. The van der Waals surface area contributed by atoms with E-state index in [1.165, 1.54) is 19.3 Å². The molecule has 0 unspecified atom stereocenters. The van der Waals surface area contributed by atoms with Crippen molar-refractivity contribution in [3.63, 3.8) is 0 Å². The molecule has 0 saturated carbocycles. The van der Waals surface area contributed by atoms with Crippen LogP contribution in [0, 0.1) is 0 Å². The average molecular weight is 456 g/mol. The quantitative estimate of drug-likeness (QED) is 0.281. The minimum absolute atomic E-state index is 0.0523. The maximum absolute atomic E-state index is 13.6. The number of benzene rings is 2. The summed E-state index contributed by atoms with van der Waals surface area (Å²) in [5, 5.41) is 0.540. The molecule has 5 aromatic rings. The van der Waals surface area contributed by atoms with Crippen molar-refractivity contribution in [2.45, 2.75) is 52.1 Å². The third-order valence-electron chi connectivity index (χ3n) is 6.32. The van der Waals surface area contributed by atoms with Crippen molar-refractivity contribution in [3.8, 4) is 5.75 Å². The highest BCUT2D eigenvalue weighted by Crippen LogP contribution is 2.26. The van der Waals surface area contributed by atoms with E-state index in [0.29, 0.717) is 35.3 Å². The SMILES string of the molecule is CCCCCCCn1cnc2c(c1=O)c1nc3ccccc3nc1n2Cc1ccc(OC)cc1. The molecule has 0 atom stereocenters. The second-order valence-corrected chi connectivity index (χ2v) is 8.67. The number of aromatic nitrogens is 5. The predicted molar refractivity (Wildman–Crippen MR) is 135 cm³/mol. The number of rotatable bonds is 9. The van der Waals surface area contributed by atoms with Gasteiger partial charge in [0.15, 0.2) is 11.3 Å². The smallest absolute Gasteiger partial charge is 0.265 e. The van der Waals surface area contributed by atoms with Crippen LogP contribution < -0.4 is 10.3 Å². The van der Waals surface area contributed by atoms with E-state index in [2.05, 4.69) is 6.92 Å². The van der Waals surface area contributed by atoms with Gasteiger partial charge in [0.1, 0.15) is 16.7 Å². The van der Waals surface area contributed by atoms with Crippen molar-refractivity contribution < 1.29 is 4.74 Å². The Labute approximate surface area is 198 Å². The number of fused-ring (bicyclic) bond motifs is 4. The van der Waals surface area contributed by atoms with E-state index < -0.39 is 0 Å². The van der Waals surface area contributed by atoms with Gasteiger partial charge >= 0.3 is 0 Å². The number of para-hydroxylation sites is 2. The van der Waals surface area contributed by atoms with Crippen LogP contribution in [-0.4, -0.2) is 31.2 Å². The zero-order valence-electron chi connectivity index (χ0n) is 19.7. The van der Waals surface area contributed by atoms with Crippen LogP contribution in [0.5, 0.6) is 5.75 Å². The van der Waals surface area contributed by atoms with E-state index in [4.69, 9.17) is 19.7 Å². The van der Waals surface area contributed by atoms with Crippen LogP contribution in [0.4, 0.5) is 0 Å². The Kier molecular flexibility index (Phi) is 6.25. The van der Waals surface area contributed by atoms with Gasteiger partial charge < -0.3 is 9.30 Å². The fourth-order valence-electron chi connectivity index (χ4n) is 4.45. The maximum Gasteiger partial charge on any atom is 0.265 e. The highest BCUT2D eigenvalue weighted by Gasteiger charge is 2.20. The lowest BCUT2D eigenvalue weighted by atomic mass is 10.1. The van der Waals surface area contributed by atoms with Gasteiger partial charge in [-0.25, -0.2) is 15.0 Å². The highest BCUT2D eigenvalue weighted by molar-refractivity contribution is 6.04. The second-order valence-electron chi connectivity index (χ2n) is 8.67. The van der Waals surface area contributed by atoms with Crippen molar-refractivity contribution in [1.29, 1.82) is 0 Å². The molecule has 34 heavy (non-hydrogen) atoms. The van der Waals surface area contributed by atoms with Gasteiger partial charge in [-0.05, 0) is 36.2 Å². The topological polar surface area (TPSA) is 74.8 Å². The van der Waals surface area contributed by atoms with Gasteiger partial charge in [-0.2, -0.15) is 0 Å². The second kappa shape index (κ2) is 9.63. The number of nitrogens with zero attached hydrogens (tertiary/aromatic N) is 5. The van der Waals surface area contributed by atoms with E-state index in [0.717, 1.165) is 35.2 Å². The number of methoxy groups -OCH3 is 1. The van der Waals surface area contributed by atoms with Crippen molar-refractivity contribution in [2.75, 3.05) is 7.11 Å². The van der Waals surface area contributed by atoms with Crippen LogP contribution in [-0.2, 0) is 13.1 Å². The zero-order chi connectivity index (χ0) is 23.5. The summed E-state index contributed by atoms with van der Waals surface area (Å²) >= 11 is 0. The van der Waals surface area contributed by atoms with Gasteiger partial charge in [-0.1, -0.05) is 56.9 Å². The third-order valence-corrected chi connectivity index (χ3v) is 6.32. The van der Waals surface area contributed by atoms with Crippen LogP contribution >= 0.6 is 0 Å². The average Bonchev–Trinajstić information content (AvgIpc) is 3.17. The molecule has 0 aliphatic rings. The number of aryl methyl sites for hydroxylation is 1. The molecule has 0 bridgehead atoms. The molecule has 0 aliphatic heterocycles. The Bertz CT molecular complexity index is 1500. The summed E-state index contributed by atoms with van der Waals surface area (Å²) in [6.07, 6.45) is 7.38. The molecule has 0 spiro atoms. The monoisotopic (exact) mass is 455 g/mol. The molecule has 7 heteroatoms. The van der Waals surface area contributed by atoms with E-state index in [9.17, 15) is 4.79 Å². The zero-order valence-corrected chi connectivity index (χ0v) is 19.7. The van der Waals surface area contributed by atoms with E-state index in [-0.39, 0.29) is 5.56 Å². The van der Waals surface area contributed by atoms with Gasteiger partial charge in [0.2, 0.25) is 0 Å². The standard InChI is InChI=1S/C27H29N5O2/c1-3-4-5-6-9-16-31-18-28-25-23(27(31)33)24-26(30-22-11-8-7-10-21(22)29-24)32(25)17-19-12-14-20(34-2)15-13-19/h7-8,10-15,18H,3-6,9,16-17H2,1-2H3. The first kappa shape index (κ1) is 22.1. The minimum Gasteiger partial charge on any atom is -0.497 e. The van der Waals surface area contributed by atoms with E-state index >= 15 is 0 Å². The van der Waals surface area contributed by atoms with Gasteiger partial charge in [0, 0.05) is 6.54 Å². The number of unbranched alkanes of at least 4 members (excludes halogenated alkanes) is 4. The van der Waals surface area contributed by atoms with Gasteiger partial charge in [0.25, 0.3) is 5.56 Å². The first-order valence-corrected chi connectivity index (χ1v) is 12.0. The third kappa shape index (κ3) is 4.14. The van der Waals surface area contributed by atoms with Crippen molar-refractivity contribution >= 4 is 33.2 Å². The summed E-state index contributed by atoms with van der Waals surface area (Å²) in [7, 11) is 1.65. The Hall–Kier alpha value is -3.74. The fourth-order valence-corrected chi connectivity index (χ4v) is 4.45. The molecule has 0 aliphatic carbocycles. The van der Waals surface area contributed by atoms with Crippen molar-refractivity contribution in [3.05, 3.63) is 70.8 Å². The molecule has 3 aromatic heterocycles. The maximum atomic E-state index is 13.6. The first-order valence-electron chi connectivity index (χ1n) is 12.0. The molecule has 3 heterocycles. The molecule has 0 amide bonds. The predicted octanol–water partition coefficient (Wildman–Crippen LogP) is 5.32. The Balaban J connectivity index is 1.63. The lowest BCUT2D eigenvalue weighted by Crippen LogP contribution is -2.21. The van der Waals surface area contributed by atoms with Crippen molar-refractivity contribution in [2.24, 2.45) is 0 Å². The summed E-state index contributed by atoms with van der Waals surface area (Å²) in [4.78, 5) is 28.1. The molecule has 2 aromatic carbocycles. The summed E-state index contributed by atoms with van der Waals surface area (Å²) in [5.41, 5.74) is 4.49. The number of hydrogen-bond donors (Lipinski definition) is 0. The van der Waals surface area contributed by atoms with E-state index in [1.807, 2.05) is 53.1 Å². The summed E-state index contributed by atoms with van der Waals surface area (Å²) in [6, 6.07) is 15.7. The normalized spacial score (nSPS) is 11.6. The molecule has 0 saturated heterocycles. The lowest BCUT2D eigenvalue weighted by Gasteiger charge is -2.08. The van der Waals surface area contributed by atoms with Crippen LogP contribution in [0.1, 0.15) is 44.6 Å². The summed E-state index contributed by atoms with van der Waals surface area (Å²) < 4.78 is 9.01. The Morgan fingerprint density at radius 3 is 2.35 bits per heavy atom.